The van der Waals surface area contributed by atoms with Crippen molar-refractivity contribution in [3.8, 4) is 5.75 Å². The van der Waals surface area contributed by atoms with E-state index in [9.17, 15) is 18.4 Å². The zero-order chi connectivity index (χ0) is 23.3. The van der Waals surface area contributed by atoms with E-state index in [2.05, 4.69) is 15.0 Å². The van der Waals surface area contributed by atoms with Gasteiger partial charge in [0.25, 0.3) is 11.8 Å². The molecule has 0 saturated heterocycles. The third-order valence-electron chi connectivity index (χ3n) is 4.73. The van der Waals surface area contributed by atoms with E-state index in [0.29, 0.717) is 28.9 Å². The van der Waals surface area contributed by atoms with Gasteiger partial charge in [-0.2, -0.15) is 8.78 Å². The molecule has 32 heavy (non-hydrogen) atoms. The highest BCUT2D eigenvalue weighted by Crippen LogP contribution is 2.27. The molecule has 2 aromatic carbocycles. The summed E-state index contributed by atoms with van der Waals surface area (Å²) in [5.74, 6) is -0.640. The second-order valence-electron chi connectivity index (χ2n) is 7.35. The first-order valence-corrected chi connectivity index (χ1v) is 9.87. The van der Waals surface area contributed by atoms with Crippen LogP contribution in [0.25, 0.3) is 0 Å². The van der Waals surface area contributed by atoms with Crippen molar-refractivity contribution in [3.05, 3.63) is 88.7 Å². The molecule has 3 aromatic rings. The number of aryl methyl sites for hydroxylation is 1. The lowest BCUT2D eigenvalue weighted by molar-refractivity contribution is -0.0503. The summed E-state index contributed by atoms with van der Waals surface area (Å²) in [7, 11) is 3.24. The average Bonchev–Trinajstić information content (AvgIpc) is 2.75. The number of halogens is 2. The molecule has 0 bridgehead atoms. The molecule has 0 atom stereocenters. The van der Waals surface area contributed by atoms with E-state index in [1.807, 2.05) is 30.3 Å². The lowest BCUT2D eigenvalue weighted by atomic mass is 10.0. The van der Waals surface area contributed by atoms with E-state index >= 15 is 0 Å². The van der Waals surface area contributed by atoms with Crippen molar-refractivity contribution in [2.45, 2.75) is 20.0 Å². The van der Waals surface area contributed by atoms with Crippen molar-refractivity contribution in [1.29, 1.82) is 0 Å². The Hall–Kier alpha value is -3.81. The monoisotopic (exact) mass is 439 g/mol. The Bertz CT molecular complexity index is 1120. The SMILES string of the molecule is Cc1nc(C(=O)N(C)C)ccc1C(=O)Nc1ccc(OC(F)F)c(Cc2ccccc2)c1. The van der Waals surface area contributed by atoms with E-state index in [1.165, 1.54) is 29.2 Å². The van der Waals surface area contributed by atoms with Gasteiger partial charge in [-0.1, -0.05) is 30.3 Å². The third kappa shape index (κ3) is 5.66. The van der Waals surface area contributed by atoms with Gasteiger partial charge in [0, 0.05) is 31.8 Å². The van der Waals surface area contributed by atoms with Crippen LogP contribution in [0.4, 0.5) is 14.5 Å². The lowest BCUT2D eigenvalue weighted by Gasteiger charge is -2.14. The van der Waals surface area contributed by atoms with Gasteiger partial charge in [0.15, 0.2) is 0 Å². The fraction of sp³-hybridized carbons (Fsp3) is 0.208. The number of aromatic nitrogens is 1. The van der Waals surface area contributed by atoms with Crippen LogP contribution >= 0.6 is 0 Å². The second-order valence-corrected chi connectivity index (χ2v) is 7.35. The third-order valence-corrected chi connectivity index (χ3v) is 4.73. The minimum atomic E-state index is -2.96. The van der Waals surface area contributed by atoms with Gasteiger partial charge < -0.3 is 15.0 Å². The summed E-state index contributed by atoms with van der Waals surface area (Å²) in [6.45, 7) is -1.32. The van der Waals surface area contributed by atoms with Gasteiger partial charge in [-0.25, -0.2) is 4.98 Å². The maximum Gasteiger partial charge on any atom is 0.387 e. The van der Waals surface area contributed by atoms with Crippen molar-refractivity contribution >= 4 is 17.5 Å². The summed E-state index contributed by atoms with van der Waals surface area (Å²) in [4.78, 5) is 30.5. The number of pyridine rings is 1. The average molecular weight is 439 g/mol. The number of anilines is 1. The van der Waals surface area contributed by atoms with Crippen molar-refractivity contribution in [2.75, 3.05) is 19.4 Å². The summed E-state index contributed by atoms with van der Waals surface area (Å²) in [5.41, 5.74) is 2.79. The minimum absolute atomic E-state index is 0.0475. The van der Waals surface area contributed by atoms with Crippen LogP contribution in [-0.4, -0.2) is 42.4 Å². The van der Waals surface area contributed by atoms with Crippen LogP contribution in [-0.2, 0) is 6.42 Å². The maximum atomic E-state index is 12.8. The summed E-state index contributed by atoms with van der Waals surface area (Å²) in [6.07, 6.45) is 0.356. The van der Waals surface area contributed by atoms with Gasteiger partial charge in [0.2, 0.25) is 0 Å². The molecule has 0 spiro atoms. The van der Waals surface area contributed by atoms with Crippen LogP contribution in [0, 0.1) is 6.92 Å². The standard InChI is InChI=1S/C24H23F2N3O3/c1-15-19(10-11-20(27-15)23(31)29(2)3)22(30)28-18-9-12-21(32-24(25)26)17(14-18)13-16-7-5-4-6-8-16/h4-12,14,24H,13H2,1-3H3,(H,28,30). The van der Waals surface area contributed by atoms with Crippen LogP contribution in [0.3, 0.4) is 0 Å². The van der Waals surface area contributed by atoms with Crippen molar-refractivity contribution < 1.29 is 23.1 Å². The molecule has 0 radical (unpaired) electrons. The van der Waals surface area contributed by atoms with Crippen LogP contribution in [0.2, 0.25) is 0 Å². The molecule has 3 rings (SSSR count). The Labute approximate surface area is 184 Å². The summed E-state index contributed by atoms with van der Waals surface area (Å²) < 4.78 is 30.3. The molecular weight excluding hydrogens is 416 g/mol. The maximum absolute atomic E-state index is 12.8. The summed E-state index contributed by atoms with van der Waals surface area (Å²) in [6, 6.07) is 16.9. The number of nitrogens with zero attached hydrogens (tertiary/aromatic N) is 2. The second kappa shape index (κ2) is 10.00. The fourth-order valence-corrected chi connectivity index (χ4v) is 3.17. The number of hydrogen-bond acceptors (Lipinski definition) is 4. The number of ether oxygens (including phenoxy) is 1. The number of carbonyl (C=O) groups excluding carboxylic acids is 2. The van der Waals surface area contributed by atoms with Gasteiger partial charge in [0.1, 0.15) is 11.4 Å². The van der Waals surface area contributed by atoms with Crippen LogP contribution in [0.5, 0.6) is 5.75 Å². The molecule has 0 unspecified atom stereocenters. The largest absolute Gasteiger partial charge is 0.435 e. The molecule has 1 heterocycles. The van der Waals surface area contributed by atoms with Crippen molar-refractivity contribution in [2.24, 2.45) is 0 Å². The molecule has 1 N–H and O–H groups in total. The Morgan fingerprint density at radius 3 is 2.41 bits per heavy atom. The number of alkyl halides is 2. The molecule has 0 saturated carbocycles. The summed E-state index contributed by atoms with van der Waals surface area (Å²) in [5, 5.41) is 2.76. The molecular formula is C24H23F2N3O3. The zero-order valence-corrected chi connectivity index (χ0v) is 17.9. The number of carbonyl (C=O) groups is 2. The van der Waals surface area contributed by atoms with E-state index in [1.54, 1.807) is 27.1 Å². The highest BCUT2D eigenvalue weighted by molar-refractivity contribution is 6.05. The van der Waals surface area contributed by atoms with E-state index < -0.39 is 12.5 Å². The van der Waals surface area contributed by atoms with Crippen molar-refractivity contribution in [1.82, 2.24) is 9.88 Å². The normalized spacial score (nSPS) is 10.7. The minimum Gasteiger partial charge on any atom is -0.435 e. The van der Waals surface area contributed by atoms with Crippen LogP contribution in [0.1, 0.15) is 37.7 Å². The molecule has 8 heteroatoms. The number of benzene rings is 2. The molecule has 0 aliphatic carbocycles. The van der Waals surface area contributed by atoms with Gasteiger partial charge >= 0.3 is 6.61 Å². The smallest absolute Gasteiger partial charge is 0.387 e. The Balaban J connectivity index is 1.84. The first kappa shape index (κ1) is 22.9. The topological polar surface area (TPSA) is 71.5 Å². The first-order valence-electron chi connectivity index (χ1n) is 9.87. The molecule has 0 aliphatic heterocycles. The highest BCUT2D eigenvalue weighted by Gasteiger charge is 2.17. The molecule has 0 aliphatic rings. The van der Waals surface area contributed by atoms with Gasteiger partial charge in [-0.05, 0) is 42.8 Å². The number of amides is 2. The summed E-state index contributed by atoms with van der Waals surface area (Å²) >= 11 is 0. The highest BCUT2D eigenvalue weighted by atomic mass is 19.3. The molecule has 0 fully saturated rings. The van der Waals surface area contributed by atoms with Crippen LogP contribution in [0.15, 0.2) is 60.7 Å². The Morgan fingerprint density at radius 2 is 1.78 bits per heavy atom. The van der Waals surface area contributed by atoms with Crippen LogP contribution < -0.4 is 10.1 Å². The predicted octanol–water partition coefficient (Wildman–Crippen LogP) is 4.54. The lowest BCUT2D eigenvalue weighted by Crippen LogP contribution is -2.23. The van der Waals surface area contributed by atoms with Gasteiger partial charge in [-0.3, -0.25) is 9.59 Å². The van der Waals surface area contributed by atoms with E-state index in [0.717, 1.165) is 5.56 Å². The molecule has 2 amide bonds. The zero-order valence-electron chi connectivity index (χ0n) is 17.9. The predicted molar refractivity (Wildman–Crippen MR) is 117 cm³/mol. The van der Waals surface area contributed by atoms with E-state index in [-0.39, 0.29) is 17.4 Å². The number of hydrogen-bond donors (Lipinski definition) is 1. The van der Waals surface area contributed by atoms with Crippen molar-refractivity contribution in [3.63, 3.8) is 0 Å². The molecule has 6 nitrogen and oxygen atoms in total. The molecule has 1 aromatic heterocycles. The number of nitrogens with one attached hydrogen (secondary N) is 1. The fourth-order valence-electron chi connectivity index (χ4n) is 3.17. The quantitative estimate of drug-likeness (QED) is 0.587. The molecule has 166 valence electrons. The van der Waals surface area contributed by atoms with Gasteiger partial charge in [0.05, 0.1) is 11.3 Å². The first-order chi connectivity index (χ1) is 15.2. The van der Waals surface area contributed by atoms with E-state index in [4.69, 9.17) is 0 Å². The Kier molecular flexibility index (Phi) is 7.14. The Morgan fingerprint density at radius 1 is 1.06 bits per heavy atom. The van der Waals surface area contributed by atoms with Gasteiger partial charge in [-0.15, -0.1) is 0 Å². The number of rotatable bonds is 7.